The number of hydrogen-bond donors (Lipinski definition) is 2. The zero-order valence-corrected chi connectivity index (χ0v) is 7.86. The number of aliphatic hydroxyl groups excluding tert-OH is 1. The van der Waals surface area contributed by atoms with E-state index in [4.69, 9.17) is 15.3 Å². The summed E-state index contributed by atoms with van der Waals surface area (Å²) in [7, 11) is 1.47. The number of rotatable bonds is 4. The molecule has 0 aliphatic rings. The third-order valence-electron chi connectivity index (χ3n) is 1.72. The second-order valence-corrected chi connectivity index (χ2v) is 2.88. The normalized spacial score (nSPS) is 9.86. The predicted octanol–water partition coefficient (Wildman–Crippen LogP) is -0.117. The van der Waals surface area contributed by atoms with Crippen LogP contribution >= 0.6 is 0 Å². The zero-order valence-electron chi connectivity index (χ0n) is 7.86. The summed E-state index contributed by atoms with van der Waals surface area (Å²) in [6.07, 6.45) is 2.91. The van der Waals surface area contributed by atoms with Gasteiger partial charge in [-0.25, -0.2) is 0 Å². The van der Waals surface area contributed by atoms with Crippen LogP contribution in [0, 0.1) is 10.6 Å². The van der Waals surface area contributed by atoms with Gasteiger partial charge in [0.25, 0.3) is 0 Å². The average molecular weight is 196 g/mol. The Hall–Kier alpha value is -1.62. The molecular weight excluding hydrogens is 184 g/mol. The van der Waals surface area contributed by atoms with Crippen LogP contribution in [0.4, 0.5) is 0 Å². The Balaban J connectivity index is 2.86. The number of methoxy groups -OCH3 is 1. The summed E-state index contributed by atoms with van der Waals surface area (Å²) in [5.41, 5.74) is 0.816. The van der Waals surface area contributed by atoms with Gasteiger partial charge < -0.3 is 20.5 Å². The summed E-state index contributed by atoms with van der Waals surface area (Å²) in [6, 6.07) is 1.67. The molecule has 1 aromatic rings. The van der Waals surface area contributed by atoms with Crippen molar-refractivity contribution in [2.24, 2.45) is 0 Å². The molecule has 0 aliphatic carbocycles. The summed E-state index contributed by atoms with van der Waals surface area (Å²) in [5, 5.41) is 27.0. The van der Waals surface area contributed by atoms with Gasteiger partial charge in [-0.1, -0.05) is 0 Å². The Labute approximate surface area is 81.7 Å². The number of aromatic nitrogens is 1. The summed E-state index contributed by atoms with van der Waals surface area (Å²) < 4.78 is 5.52. The van der Waals surface area contributed by atoms with Crippen LogP contribution in [-0.2, 0) is 6.42 Å². The molecule has 0 radical (unpaired) electrons. The van der Waals surface area contributed by atoms with Crippen molar-refractivity contribution in [1.82, 2.24) is 0 Å². The maximum atomic E-state index is 11.0. The fraction of sp³-hybridized carbons (Fsp3) is 0.333. The molecular formula is C9H12N2O3. The van der Waals surface area contributed by atoms with Gasteiger partial charge in [-0.15, -0.1) is 0 Å². The van der Waals surface area contributed by atoms with E-state index in [1.165, 1.54) is 19.5 Å². The summed E-state index contributed by atoms with van der Waals surface area (Å²) >= 11 is 0. The first-order chi connectivity index (χ1) is 6.65. The van der Waals surface area contributed by atoms with Gasteiger partial charge in [0.1, 0.15) is 0 Å². The van der Waals surface area contributed by atoms with Gasteiger partial charge in [0.05, 0.1) is 13.7 Å². The molecule has 0 atom stereocenters. The minimum atomic E-state index is -0.296. The SMILES string of the molecule is COc1cc(CC(=N)CO)c[n+]([O-])c1. The number of nitrogens with one attached hydrogen (secondary N) is 1. The van der Waals surface area contributed by atoms with Gasteiger partial charge in [-0.2, -0.15) is 4.73 Å². The van der Waals surface area contributed by atoms with Crippen LogP contribution in [0.5, 0.6) is 5.75 Å². The first-order valence-corrected chi connectivity index (χ1v) is 4.09. The number of aliphatic hydroxyl groups is 1. The van der Waals surface area contributed by atoms with E-state index < -0.39 is 0 Å². The standard InChI is InChI=1S/C9H12N2O3/c1-14-9-3-7(2-8(10)6-12)4-11(13)5-9/h3-5,10,12H,2,6H2,1H3. The van der Waals surface area contributed by atoms with Crippen LogP contribution in [0.3, 0.4) is 0 Å². The Morgan fingerprint density at radius 1 is 1.64 bits per heavy atom. The molecule has 0 spiro atoms. The van der Waals surface area contributed by atoms with Crippen molar-refractivity contribution < 1.29 is 14.6 Å². The predicted molar refractivity (Wildman–Crippen MR) is 50.5 cm³/mol. The third kappa shape index (κ3) is 2.70. The van der Waals surface area contributed by atoms with Crippen LogP contribution in [0.15, 0.2) is 18.5 Å². The largest absolute Gasteiger partial charge is 0.619 e. The second-order valence-electron chi connectivity index (χ2n) is 2.88. The van der Waals surface area contributed by atoms with E-state index in [9.17, 15) is 5.21 Å². The molecule has 0 amide bonds. The van der Waals surface area contributed by atoms with Gasteiger partial charge >= 0.3 is 0 Å². The molecule has 0 bridgehead atoms. The molecule has 0 fully saturated rings. The van der Waals surface area contributed by atoms with E-state index in [1.807, 2.05) is 0 Å². The quantitative estimate of drug-likeness (QED) is 0.400. The van der Waals surface area contributed by atoms with E-state index >= 15 is 0 Å². The van der Waals surface area contributed by atoms with Crippen molar-refractivity contribution in [3.8, 4) is 5.75 Å². The fourth-order valence-electron chi connectivity index (χ4n) is 1.09. The molecule has 5 nitrogen and oxygen atoms in total. The number of nitrogens with zero attached hydrogens (tertiary/aromatic N) is 1. The Morgan fingerprint density at radius 3 is 2.93 bits per heavy atom. The molecule has 1 heterocycles. The molecule has 0 saturated heterocycles. The molecule has 2 N–H and O–H groups in total. The van der Waals surface area contributed by atoms with Gasteiger partial charge in [-0.3, -0.25) is 0 Å². The van der Waals surface area contributed by atoms with Crippen molar-refractivity contribution in [2.75, 3.05) is 13.7 Å². The lowest BCUT2D eigenvalue weighted by Gasteiger charge is -2.04. The second kappa shape index (κ2) is 4.57. The lowest BCUT2D eigenvalue weighted by atomic mass is 10.1. The van der Waals surface area contributed by atoms with Crippen molar-refractivity contribution in [3.05, 3.63) is 29.2 Å². The highest BCUT2D eigenvalue weighted by molar-refractivity contribution is 5.84. The lowest BCUT2D eigenvalue weighted by molar-refractivity contribution is -0.606. The summed E-state index contributed by atoms with van der Waals surface area (Å²) in [4.78, 5) is 0. The topological polar surface area (TPSA) is 80.2 Å². The van der Waals surface area contributed by atoms with Gasteiger partial charge in [0.2, 0.25) is 6.20 Å². The van der Waals surface area contributed by atoms with Crippen LogP contribution < -0.4 is 9.47 Å². The molecule has 1 rings (SSSR count). The highest BCUT2D eigenvalue weighted by Crippen LogP contribution is 2.09. The molecule has 0 aromatic carbocycles. The van der Waals surface area contributed by atoms with Crippen molar-refractivity contribution >= 4 is 5.71 Å². The molecule has 5 heteroatoms. The van der Waals surface area contributed by atoms with E-state index in [1.54, 1.807) is 6.07 Å². The molecule has 0 saturated carbocycles. The average Bonchev–Trinajstić information content (AvgIpc) is 2.16. The molecule has 1 aromatic heterocycles. The monoisotopic (exact) mass is 196 g/mol. The number of ether oxygens (including phenoxy) is 1. The van der Waals surface area contributed by atoms with E-state index in [-0.39, 0.29) is 18.7 Å². The molecule has 0 unspecified atom stereocenters. The maximum Gasteiger partial charge on any atom is 0.222 e. The summed E-state index contributed by atoms with van der Waals surface area (Å²) in [6.45, 7) is -0.296. The fourth-order valence-corrected chi connectivity index (χ4v) is 1.09. The van der Waals surface area contributed by atoms with Gasteiger partial charge in [-0.05, 0) is 6.07 Å². The van der Waals surface area contributed by atoms with Crippen molar-refractivity contribution in [1.29, 1.82) is 5.41 Å². The van der Waals surface area contributed by atoms with E-state index in [0.29, 0.717) is 16.0 Å². The van der Waals surface area contributed by atoms with Crippen LogP contribution in [0.25, 0.3) is 0 Å². The highest BCUT2D eigenvalue weighted by atomic mass is 16.5. The first-order valence-electron chi connectivity index (χ1n) is 4.09. The van der Waals surface area contributed by atoms with Gasteiger partial charge in [0, 0.05) is 17.7 Å². The van der Waals surface area contributed by atoms with Crippen LogP contribution in [-0.4, -0.2) is 24.5 Å². The Kier molecular flexibility index (Phi) is 3.41. The highest BCUT2D eigenvalue weighted by Gasteiger charge is 2.05. The van der Waals surface area contributed by atoms with Crippen LogP contribution in [0.2, 0.25) is 0 Å². The molecule has 76 valence electrons. The number of hydrogen-bond acceptors (Lipinski definition) is 4. The Morgan fingerprint density at radius 2 is 2.36 bits per heavy atom. The lowest BCUT2D eigenvalue weighted by Crippen LogP contribution is -2.26. The van der Waals surface area contributed by atoms with Gasteiger partial charge in [0.15, 0.2) is 11.9 Å². The summed E-state index contributed by atoms with van der Waals surface area (Å²) in [5.74, 6) is 0.447. The third-order valence-corrected chi connectivity index (χ3v) is 1.72. The van der Waals surface area contributed by atoms with E-state index in [2.05, 4.69) is 0 Å². The molecule has 14 heavy (non-hydrogen) atoms. The Bertz CT molecular complexity index is 339. The zero-order chi connectivity index (χ0) is 10.6. The number of pyridine rings is 1. The van der Waals surface area contributed by atoms with E-state index in [0.717, 1.165) is 0 Å². The smallest absolute Gasteiger partial charge is 0.222 e. The first kappa shape index (κ1) is 10.5. The maximum absolute atomic E-state index is 11.0. The van der Waals surface area contributed by atoms with Crippen molar-refractivity contribution in [2.45, 2.75) is 6.42 Å². The van der Waals surface area contributed by atoms with Crippen molar-refractivity contribution in [3.63, 3.8) is 0 Å². The minimum Gasteiger partial charge on any atom is -0.619 e. The van der Waals surface area contributed by atoms with Crippen LogP contribution in [0.1, 0.15) is 5.56 Å². The minimum absolute atomic E-state index is 0.165. The molecule has 0 aliphatic heterocycles.